The molecule has 1 N–H and O–H groups in total. The molecule has 5 rings (SSSR count). The zero-order valence-electron chi connectivity index (χ0n) is 14.3. The molecule has 0 aliphatic heterocycles. The van der Waals surface area contributed by atoms with E-state index in [4.69, 9.17) is 0 Å². The Balaban J connectivity index is 1.75. The molecular formula is C24H18O2. The van der Waals surface area contributed by atoms with E-state index in [2.05, 4.69) is 73.3 Å². The first-order valence-electron chi connectivity index (χ1n) is 8.85. The van der Waals surface area contributed by atoms with Gasteiger partial charge in [0, 0.05) is 5.92 Å². The van der Waals surface area contributed by atoms with Gasteiger partial charge in [-0.1, -0.05) is 72.8 Å². The molecule has 1 fully saturated rings. The predicted octanol–water partition coefficient (Wildman–Crippen LogP) is 5.89. The van der Waals surface area contributed by atoms with E-state index >= 15 is 0 Å². The molecule has 126 valence electrons. The van der Waals surface area contributed by atoms with Crippen LogP contribution in [-0.2, 0) is 4.79 Å². The summed E-state index contributed by atoms with van der Waals surface area (Å²) in [5.74, 6) is -0.765. The largest absolute Gasteiger partial charge is 0.481 e. The second kappa shape index (κ2) is 5.18. The fraction of sp³-hybridized carbons (Fsp3) is 0.125. The highest BCUT2D eigenvalue weighted by Gasteiger charge is 2.58. The maximum Gasteiger partial charge on any atom is 0.314 e. The Hall–Kier alpha value is -3.13. The van der Waals surface area contributed by atoms with Gasteiger partial charge >= 0.3 is 5.97 Å². The number of fused-ring (bicyclic) bond motifs is 5. The van der Waals surface area contributed by atoms with Crippen molar-refractivity contribution in [3.05, 3.63) is 84.9 Å². The molecular weight excluding hydrogens is 320 g/mol. The van der Waals surface area contributed by atoms with Crippen LogP contribution in [-0.4, -0.2) is 11.1 Å². The SMILES string of the molecule is C=CC1(C(=O)O)CC1c1ccc2ccc3c4ccccc4ccc3c2c1. The number of aliphatic carboxylic acids is 1. The van der Waals surface area contributed by atoms with Gasteiger partial charge in [-0.15, -0.1) is 6.58 Å². The standard InChI is InChI=1S/C24H18O2/c1-2-24(23(25)26)14-22(24)17-8-7-16-10-11-19-18-6-4-3-5-15(18)9-12-20(19)21(16)13-17/h2-13,22H,1,14H2,(H,25,26). The molecule has 1 aliphatic rings. The molecule has 0 spiro atoms. The minimum Gasteiger partial charge on any atom is -0.481 e. The van der Waals surface area contributed by atoms with Gasteiger partial charge in [-0.2, -0.15) is 0 Å². The molecule has 1 aliphatic carbocycles. The van der Waals surface area contributed by atoms with Crippen LogP contribution in [0.4, 0.5) is 0 Å². The highest BCUT2D eigenvalue weighted by molar-refractivity contribution is 6.17. The summed E-state index contributed by atoms with van der Waals surface area (Å²) in [5, 5.41) is 16.8. The van der Waals surface area contributed by atoms with Crippen molar-refractivity contribution < 1.29 is 9.90 Å². The number of rotatable bonds is 3. The second-order valence-corrected chi connectivity index (χ2v) is 7.23. The first-order valence-corrected chi connectivity index (χ1v) is 8.85. The fourth-order valence-corrected chi connectivity index (χ4v) is 4.30. The van der Waals surface area contributed by atoms with E-state index in [0.29, 0.717) is 6.42 Å². The van der Waals surface area contributed by atoms with Gasteiger partial charge in [0.05, 0.1) is 5.41 Å². The quantitative estimate of drug-likeness (QED) is 0.373. The van der Waals surface area contributed by atoms with Crippen LogP contribution in [0, 0.1) is 5.41 Å². The molecule has 2 atom stereocenters. The summed E-state index contributed by atoms with van der Waals surface area (Å²) >= 11 is 0. The fourth-order valence-electron chi connectivity index (χ4n) is 4.30. The van der Waals surface area contributed by atoms with Gasteiger partial charge in [-0.05, 0) is 44.3 Å². The molecule has 2 unspecified atom stereocenters. The Morgan fingerprint density at radius 2 is 1.58 bits per heavy atom. The number of hydrogen-bond donors (Lipinski definition) is 1. The van der Waals surface area contributed by atoms with Crippen molar-refractivity contribution in [3.8, 4) is 0 Å². The van der Waals surface area contributed by atoms with E-state index in [1.165, 1.54) is 32.3 Å². The maximum atomic E-state index is 11.6. The molecule has 2 nitrogen and oxygen atoms in total. The molecule has 4 aromatic rings. The summed E-state index contributed by atoms with van der Waals surface area (Å²) in [6, 6.07) is 23.4. The third-order valence-electron chi connectivity index (χ3n) is 5.94. The minimum absolute atomic E-state index is 0.0117. The second-order valence-electron chi connectivity index (χ2n) is 7.23. The number of hydrogen-bond acceptors (Lipinski definition) is 1. The summed E-state index contributed by atoms with van der Waals surface area (Å²) in [6.45, 7) is 3.76. The van der Waals surface area contributed by atoms with Gasteiger partial charge in [0.1, 0.15) is 0 Å². The molecule has 4 aromatic carbocycles. The van der Waals surface area contributed by atoms with Crippen molar-refractivity contribution in [1.29, 1.82) is 0 Å². The Morgan fingerprint density at radius 3 is 2.27 bits per heavy atom. The third-order valence-corrected chi connectivity index (χ3v) is 5.94. The van der Waals surface area contributed by atoms with Crippen LogP contribution in [0.15, 0.2) is 79.4 Å². The topological polar surface area (TPSA) is 37.3 Å². The highest BCUT2D eigenvalue weighted by atomic mass is 16.4. The summed E-state index contributed by atoms with van der Waals surface area (Å²) in [7, 11) is 0. The molecule has 2 heteroatoms. The van der Waals surface area contributed by atoms with Crippen LogP contribution < -0.4 is 0 Å². The van der Waals surface area contributed by atoms with Crippen molar-refractivity contribution in [3.63, 3.8) is 0 Å². The van der Waals surface area contributed by atoms with Crippen LogP contribution in [0.1, 0.15) is 17.9 Å². The van der Waals surface area contributed by atoms with E-state index in [1.54, 1.807) is 6.08 Å². The van der Waals surface area contributed by atoms with Crippen LogP contribution >= 0.6 is 0 Å². The van der Waals surface area contributed by atoms with Gasteiger partial charge < -0.3 is 5.11 Å². The number of carboxylic acid groups (broad SMARTS) is 1. The van der Waals surface area contributed by atoms with Crippen LogP contribution in [0.25, 0.3) is 32.3 Å². The lowest BCUT2D eigenvalue weighted by Gasteiger charge is -2.11. The Kier molecular flexibility index (Phi) is 3.02. The van der Waals surface area contributed by atoms with E-state index in [1.807, 2.05) is 0 Å². The van der Waals surface area contributed by atoms with E-state index in [9.17, 15) is 9.90 Å². The van der Waals surface area contributed by atoms with E-state index in [0.717, 1.165) is 5.56 Å². The lowest BCUT2D eigenvalue weighted by Crippen LogP contribution is -2.13. The van der Waals surface area contributed by atoms with Gasteiger partial charge in [0.2, 0.25) is 0 Å². The maximum absolute atomic E-state index is 11.6. The molecule has 0 bridgehead atoms. The van der Waals surface area contributed by atoms with Gasteiger partial charge in [0.15, 0.2) is 0 Å². The zero-order valence-corrected chi connectivity index (χ0v) is 14.3. The van der Waals surface area contributed by atoms with Crippen molar-refractivity contribution in [2.24, 2.45) is 5.41 Å². The van der Waals surface area contributed by atoms with Crippen molar-refractivity contribution >= 4 is 38.3 Å². The average Bonchev–Trinajstić information content (AvgIpc) is 3.43. The molecule has 0 radical (unpaired) electrons. The number of benzene rings is 4. The lowest BCUT2D eigenvalue weighted by atomic mass is 9.93. The summed E-state index contributed by atoms with van der Waals surface area (Å²) in [6.07, 6.45) is 2.23. The van der Waals surface area contributed by atoms with Crippen molar-refractivity contribution in [2.75, 3.05) is 0 Å². The monoisotopic (exact) mass is 338 g/mol. The summed E-state index contributed by atoms with van der Waals surface area (Å²) < 4.78 is 0. The molecule has 26 heavy (non-hydrogen) atoms. The van der Waals surface area contributed by atoms with Crippen LogP contribution in [0.5, 0.6) is 0 Å². The summed E-state index contributed by atoms with van der Waals surface area (Å²) in [5.41, 5.74) is 0.283. The molecule has 0 amide bonds. The predicted molar refractivity (Wildman–Crippen MR) is 107 cm³/mol. The van der Waals surface area contributed by atoms with E-state index < -0.39 is 11.4 Å². The number of carboxylic acids is 1. The molecule has 0 saturated heterocycles. The third kappa shape index (κ3) is 1.96. The van der Waals surface area contributed by atoms with E-state index in [-0.39, 0.29) is 5.92 Å². The summed E-state index contributed by atoms with van der Waals surface area (Å²) in [4.78, 5) is 11.6. The normalized spacial score (nSPS) is 21.9. The lowest BCUT2D eigenvalue weighted by molar-refractivity contribution is -0.141. The van der Waals surface area contributed by atoms with Crippen LogP contribution in [0.3, 0.4) is 0 Å². The van der Waals surface area contributed by atoms with Crippen LogP contribution in [0.2, 0.25) is 0 Å². The zero-order chi connectivity index (χ0) is 17.9. The molecule has 0 aromatic heterocycles. The smallest absolute Gasteiger partial charge is 0.314 e. The molecule has 0 heterocycles. The first kappa shape index (κ1) is 15.2. The molecule has 1 saturated carbocycles. The number of carbonyl (C=O) groups is 1. The Bertz CT molecular complexity index is 1220. The highest BCUT2D eigenvalue weighted by Crippen LogP contribution is 2.60. The van der Waals surface area contributed by atoms with Gasteiger partial charge in [0.25, 0.3) is 0 Å². The Morgan fingerprint density at radius 1 is 0.923 bits per heavy atom. The average molecular weight is 338 g/mol. The first-order chi connectivity index (χ1) is 12.6. The van der Waals surface area contributed by atoms with Crippen molar-refractivity contribution in [1.82, 2.24) is 0 Å². The van der Waals surface area contributed by atoms with Gasteiger partial charge in [-0.25, -0.2) is 0 Å². The van der Waals surface area contributed by atoms with Gasteiger partial charge in [-0.3, -0.25) is 4.79 Å². The Labute approximate surface area is 151 Å². The minimum atomic E-state index is -0.801. The van der Waals surface area contributed by atoms with Crippen molar-refractivity contribution in [2.45, 2.75) is 12.3 Å².